The van der Waals surface area contributed by atoms with Gasteiger partial charge in [-0.1, -0.05) is 0 Å². The van der Waals surface area contributed by atoms with Crippen LogP contribution < -0.4 is 10.6 Å². The van der Waals surface area contributed by atoms with Crippen molar-refractivity contribution in [3.8, 4) is 0 Å². The Labute approximate surface area is 143 Å². The fourth-order valence-electron chi connectivity index (χ4n) is 2.78. The molecule has 0 aromatic carbocycles. The summed E-state index contributed by atoms with van der Waals surface area (Å²) in [6.45, 7) is 9.17. The zero-order chi connectivity index (χ0) is 16.1. The Morgan fingerprint density at radius 1 is 1.48 bits per heavy atom. The molecule has 1 aromatic rings. The van der Waals surface area contributed by atoms with Crippen LogP contribution in [0, 0.1) is 19.8 Å². The second-order valence-electron chi connectivity index (χ2n) is 5.73. The molecule has 7 nitrogen and oxygen atoms in total. The SMILES string of the molecule is CCOC(=O)Cn1nc(C)c(CNCC2CNCC2O)c1C.Cl. The van der Waals surface area contributed by atoms with Crippen LogP contribution in [0.3, 0.4) is 0 Å². The zero-order valence-corrected chi connectivity index (χ0v) is 14.8. The first kappa shape index (κ1) is 19.9. The molecule has 132 valence electrons. The number of aliphatic hydroxyl groups is 1. The number of carbonyl (C=O) groups excluding carboxylic acids is 1. The lowest BCUT2D eigenvalue weighted by Crippen LogP contribution is -2.30. The summed E-state index contributed by atoms with van der Waals surface area (Å²) in [6.07, 6.45) is -0.277. The lowest BCUT2D eigenvalue weighted by molar-refractivity contribution is -0.144. The maximum Gasteiger partial charge on any atom is 0.327 e. The molecule has 0 bridgehead atoms. The predicted octanol–water partition coefficient (Wildman–Crippen LogP) is 0.155. The quantitative estimate of drug-likeness (QED) is 0.609. The van der Waals surface area contributed by atoms with E-state index in [0.29, 0.717) is 19.7 Å². The average molecular weight is 347 g/mol. The number of hydrogen-bond acceptors (Lipinski definition) is 6. The molecule has 1 fully saturated rings. The summed E-state index contributed by atoms with van der Waals surface area (Å²) in [5.74, 6) is -0.0250. The molecule has 23 heavy (non-hydrogen) atoms. The van der Waals surface area contributed by atoms with Crippen LogP contribution in [0.25, 0.3) is 0 Å². The highest BCUT2D eigenvalue weighted by Gasteiger charge is 2.24. The predicted molar refractivity (Wildman–Crippen MR) is 89.7 cm³/mol. The Hall–Kier alpha value is -1.15. The van der Waals surface area contributed by atoms with Crippen LogP contribution in [0.2, 0.25) is 0 Å². The number of halogens is 1. The van der Waals surface area contributed by atoms with Gasteiger partial charge in [-0.3, -0.25) is 9.48 Å². The van der Waals surface area contributed by atoms with E-state index in [1.165, 1.54) is 0 Å². The number of aryl methyl sites for hydroxylation is 1. The molecule has 2 heterocycles. The summed E-state index contributed by atoms with van der Waals surface area (Å²) in [4.78, 5) is 11.6. The third kappa shape index (κ3) is 5.17. The normalized spacial score (nSPS) is 20.3. The summed E-state index contributed by atoms with van der Waals surface area (Å²) in [7, 11) is 0. The summed E-state index contributed by atoms with van der Waals surface area (Å²) in [5.41, 5.74) is 2.99. The highest BCUT2D eigenvalue weighted by Crippen LogP contribution is 2.14. The van der Waals surface area contributed by atoms with E-state index in [4.69, 9.17) is 4.74 Å². The minimum Gasteiger partial charge on any atom is -0.465 e. The minimum atomic E-state index is -0.277. The van der Waals surface area contributed by atoms with Gasteiger partial charge in [0.2, 0.25) is 0 Å². The molecule has 0 spiro atoms. The van der Waals surface area contributed by atoms with Crippen molar-refractivity contribution in [2.24, 2.45) is 5.92 Å². The van der Waals surface area contributed by atoms with Gasteiger partial charge in [0.25, 0.3) is 0 Å². The van der Waals surface area contributed by atoms with Gasteiger partial charge in [0.15, 0.2) is 0 Å². The molecule has 8 heteroatoms. The van der Waals surface area contributed by atoms with Gasteiger partial charge in [0.1, 0.15) is 6.54 Å². The maximum atomic E-state index is 11.6. The van der Waals surface area contributed by atoms with Crippen molar-refractivity contribution in [2.45, 2.75) is 40.0 Å². The first-order valence-corrected chi connectivity index (χ1v) is 7.81. The first-order valence-electron chi connectivity index (χ1n) is 7.81. The number of nitrogens with zero attached hydrogens (tertiary/aromatic N) is 2. The average Bonchev–Trinajstić information content (AvgIpc) is 2.98. The van der Waals surface area contributed by atoms with Gasteiger partial charge < -0.3 is 20.5 Å². The van der Waals surface area contributed by atoms with E-state index >= 15 is 0 Å². The summed E-state index contributed by atoms with van der Waals surface area (Å²) >= 11 is 0. The molecular formula is C15H27ClN4O3. The third-order valence-corrected chi connectivity index (χ3v) is 4.13. The number of esters is 1. The molecule has 2 unspecified atom stereocenters. The van der Waals surface area contributed by atoms with Gasteiger partial charge in [-0.25, -0.2) is 0 Å². The molecule has 0 radical (unpaired) electrons. The van der Waals surface area contributed by atoms with Gasteiger partial charge in [-0.2, -0.15) is 5.10 Å². The fourth-order valence-corrected chi connectivity index (χ4v) is 2.78. The number of aromatic nitrogens is 2. The Morgan fingerprint density at radius 3 is 2.83 bits per heavy atom. The van der Waals surface area contributed by atoms with Gasteiger partial charge in [-0.15, -0.1) is 12.4 Å². The molecule has 2 atom stereocenters. The zero-order valence-electron chi connectivity index (χ0n) is 14.0. The summed E-state index contributed by atoms with van der Waals surface area (Å²) in [5, 5.41) is 20.7. The van der Waals surface area contributed by atoms with Crippen LogP contribution in [0.4, 0.5) is 0 Å². The monoisotopic (exact) mass is 346 g/mol. The maximum absolute atomic E-state index is 11.6. The number of ether oxygens (including phenoxy) is 1. The molecule has 0 aliphatic carbocycles. The minimum absolute atomic E-state index is 0. The Balaban J connectivity index is 0.00000264. The van der Waals surface area contributed by atoms with E-state index in [2.05, 4.69) is 15.7 Å². The number of aliphatic hydroxyl groups excluding tert-OH is 1. The third-order valence-electron chi connectivity index (χ3n) is 4.13. The Bertz CT molecular complexity index is 521. The van der Waals surface area contributed by atoms with E-state index in [1.807, 2.05) is 13.8 Å². The number of β-amino-alcohol motifs (C(OH)–C–C–N with tert-alkyl or cyclic N) is 1. The van der Waals surface area contributed by atoms with E-state index in [0.717, 1.165) is 30.0 Å². The van der Waals surface area contributed by atoms with Crippen molar-refractivity contribution >= 4 is 18.4 Å². The number of carbonyl (C=O) groups is 1. The topological polar surface area (TPSA) is 88.4 Å². The van der Waals surface area contributed by atoms with Crippen molar-refractivity contribution in [1.29, 1.82) is 0 Å². The van der Waals surface area contributed by atoms with E-state index in [9.17, 15) is 9.90 Å². The standard InChI is InChI=1S/C15H26N4O3.ClH/c1-4-22-15(21)9-19-11(3)13(10(2)18-19)7-16-5-12-6-17-8-14(12)20;/h12,14,16-17,20H,4-9H2,1-3H3;1H. The van der Waals surface area contributed by atoms with Crippen LogP contribution in [0.5, 0.6) is 0 Å². The van der Waals surface area contributed by atoms with Crippen molar-refractivity contribution in [3.63, 3.8) is 0 Å². The second kappa shape index (κ2) is 9.22. The van der Waals surface area contributed by atoms with E-state index in [1.54, 1.807) is 11.6 Å². The largest absolute Gasteiger partial charge is 0.465 e. The summed E-state index contributed by atoms with van der Waals surface area (Å²) < 4.78 is 6.65. The highest BCUT2D eigenvalue weighted by atomic mass is 35.5. The van der Waals surface area contributed by atoms with Gasteiger partial charge >= 0.3 is 5.97 Å². The lowest BCUT2D eigenvalue weighted by Gasteiger charge is -2.14. The molecule has 1 aliphatic rings. The molecule has 0 saturated carbocycles. The smallest absolute Gasteiger partial charge is 0.327 e. The fraction of sp³-hybridized carbons (Fsp3) is 0.733. The summed E-state index contributed by atoms with van der Waals surface area (Å²) in [6, 6.07) is 0. The van der Waals surface area contributed by atoms with Gasteiger partial charge in [0.05, 0.1) is 18.4 Å². The highest BCUT2D eigenvalue weighted by molar-refractivity contribution is 5.85. The Morgan fingerprint density at radius 2 is 2.22 bits per heavy atom. The molecule has 2 rings (SSSR count). The first-order chi connectivity index (χ1) is 10.5. The van der Waals surface area contributed by atoms with Crippen molar-refractivity contribution in [3.05, 3.63) is 17.0 Å². The van der Waals surface area contributed by atoms with Crippen LogP contribution in [0.15, 0.2) is 0 Å². The molecule has 1 aromatic heterocycles. The van der Waals surface area contributed by atoms with Crippen molar-refractivity contribution in [2.75, 3.05) is 26.2 Å². The van der Waals surface area contributed by atoms with Crippen molar-refractivity contribution in [1.82, 2.24) is 20.4 Å². The lowest BCUT2D eigenvalue weighted by atomic mass is 10.1. The van der Waals surface area contributed by atoms with Crippen LogP contribution in [-0.2, 0) is 22.6 Å². The van der Waals surface area contributed by atoms with Crippen LogP contribution in [-0.4, -0.2) is 53.2 Å². The molecule has 3 N–H and O–H groups in total. The van der Waals surface area contributed by atoms with E-state index < -0.39 is 0 Å². The van der Waals surface area contributed by atoms with Crippen LogP contribution >= 0.6 is 12.4 Å². The second-order valence-corrected chi connectivity index (χ2v) is 5.73. The van der Waals surface area contributed by atoms with Crippen LogP contribution in [0.1, 0.15) is 23.9 Å². The van der Waals surface area contributed by atoms with E-state index in [-0.39, 0.29) is 36.9 Å². The van der Waals surface area contributed by atoms with Gasteiger partial charge in [0, 0.05) is 43.4 Å². The van der Waals surface area contributed by atoms with Crippen molar-refractivity contribution < 1.29 is 14.6 Å². The molecule has 1 saturated heterocycles. The molecule has 1 aliphatic heterocycles. The Kier molecular flexibility index (Phi) is 7.98. The number of nitrogens with one attached hydrogen (secondary N) is 2. The number of hydrogen-bond donors (Lipinski definition) is 3. The number of rotatable bonds is 7. The molecular weight excluding hydrogens is 320 g/mol. The molecule has 0 amide bonds. The van der Waals surface area contributed by atoms with Gasteiger partial charge in [-0.05, 0) is 20.8 Å².